The van der Waals surface area contributed by atoms with E-state index in [0.29, 0.717) is 6.04 Å². The molecule has 0 amide bonds. The van der Waals surface area contributed by atoms with Crippen LogP contribution in [0.5, 0.6) is 0 Å². The standard InChI is InChI=1S/C21H36N4.HI/c1-6-13-25-14-11-19(12-15-25)24-20(22-5)23-16-21(3,4)18-9-7-17(2)8-10-18;/h7-10,19H,6,11-16H2,1-5H3,(H2,22,23,24);1H. The SMILES string of the molecule is CCCN1CCC(NC(=NC)NCC(C)(C)c2ccc(C)cc2)CC1.I. The van der Waals surface area contributed by atoms with E-state index < -0.39 is 0 Å². The Labute approximate surface area is 177 Å². The van der Waals surface area contributed by atoms with Crippen molar-refractivity contribution in [3.63, 3.8) is 0 Å². The maximum absolute atomic E-state index is 4.43. The van der Waals surface area contributed by atoms with Crippen LogP contribution in [-0.4, -0.2) is 50.1 Å². The van der Waals surface area contributed by atoms with E-state index in [-0.39, 0.29) is 29.4 Å². The highest BCUT2D eigenvalue weighted by atomic mass is 127. The van der Waals surface area contributed by atoms with E-state index in [1.165, 1.54) is 50.0 Å². The molecule has 1 aromatic rings. The number of aryl methyl sites for hydroxylation is 1. The summed E-state index contributed by atoms with van der Waals surface area (Å²) in [7, 11) is 1.86. The van der Waals surface area contributed by atoms with Gasteiger partial charge in [-0.05, 0) is 38.3 Å². The van der Waals surface area contributed by atoms with Crippen LogP contribution >= 0.6 is 24.0 Å². The summed E-state index contributed by atoms with van der Waals surface area (Å²) in [6.45, 7) is 13.4. The Hall–Kier alpha value is -0.820. The van der Waals surface area contributed by atoms with Crippen molar-refractivity contribution >= 4 is 29.9 Å². The Morgan fingerprint density at radius 2 is 1.81 bits per heavy atom. The van der Waals surface area contributed by atoms with Gasteiger partial charge in [-0.25, -0.2) is 0 Å². The lowest BCUT2D eigenvalue weighted by molar-refractivity contribution is 0.206. The average molecular weight is 472 g/mol. The molecule has 0 spiro atoms. The molecule has 4 nitrogen and oxygen atoms in total. The van der Waals surface area contributed by atoms with Crippen LogP contribution in [0.3, 0.4) is 0 Å². The maximum Gasteiger partial charge on any atom is 0.191 e. The van der Waals surface area contributed by atoms with Gasteiger partial charge in [0, 0.05) is 38.1 Å². The highest BCUT2D eigenvalue weighted by molar-refractivity contribution is 14.0. The highest BCUT2D eigenvalue weighted by Crippen LogP contribution is 2.22. The van der Waals surface area contributed by atoms with Gasteiger partial charge >= 0.3 is 0 Å². The number of aliphatic imine (C=N–C) groups is 1. The lowest BCUT2D eigenvalue weighted by Crippen LogP contribution is -2.50. The molecular weight excluding hydrogens is 435 g/mol. The molecule has 2 rings (SSSR count). The summed E-state index contributed by atoms with van der Waals surface area (Å²) in [5.41, 5.74) is 2.73. The molecule has 2 N–H and O–H groups in total. The number of rotatable bonds is 6. The third-order valence-electron chi connectivity index (χ3n) is 5.22. The number of hydrogen-bond acceptors (Lipinski definition) is 2. The maximum atomic E-state index is 4.43. The molecule has 26 heavy (non-hydrogen) atoms. The molecule has 1 aliphatic heterocycles. The van der Waals surface area contributed by atoms with Gasteiger partial charge < -0.3 is 15.5 Å². The largest absolute Gasteiger partial charge is 0.356 e. The minimum atomic E-state index is 0. The molecule has 1 aromatic carbocycles. The van der Waals surface area contributed by atoms with Gasteiger partial charge in [-0.1, -0.05) is 50.6 Å². The Morgan fingerprint density at radius 1 is 1.19 bits per heavy atom. The molecule has 5 heteroatoms. The van der Waals surface area contributed by atoms with Gasteiger partial charge in [0.25, 0.3) is 0 Å². The molecule has 148 valence electrons. The fraction of sp³-hybridized carbons (Fsp3) is 0.667. The first-order valence-electron chi connectivity index (χ1n) is 9.71. The van der Waals surface area contributed by atoms with Gasteiger partial charge in [0.05, 0.1) is 0 Å². The Bertz CT molecular complexity index is 546. The van der Waals surface area contributed by atoms with Crippen molar-refractivity contribution in [2.24, 2.45) is 4.99 Å². The molecule has 1 aliphatic rings. The van der Waals surface area contributed by atoms with Crippen LogP contribution in [0.2, 0.25) is 0 Å². The summed E-state index contributed by atoms with van der Waals surface area (Å²) >= 11 is 0. The van der Waals surface area contributed by atoms with E-state index in [9.17, 15) is 0 Å². The van der Waals surface area contributed by atoms with E-state index in [1.54, 1.807) is 0 Å². The van der Waals surface area contributed by atoms with Gasteiger partial charge in [0.2, 0.25) is 0 Å². The van der Waals surface area contributed by atoms with Crippen molar-refractivity contribution in [3.8, 4) is 0 Å². The number of likely N-dealkylation sites (tertiary alicyclic amines) is 1. The summed E-state index contributed by atoms with van der Waals surface area (Å²) in [6.07, 6.45) is 3.64. The molecule has 0 aromatic heterocycles. The van der Waals surface area contributed by atoms with Crippen LogP contribution in [0.25, 0.3) is 0 Å². The number of piperidine rings is 1. The number of benzene rings is 1. The van der Waals surface area contributed by atoms with E-state index in [0.717, 1.165) is 12.5 Å². The Morgan fingerprint density at radius 3 is 2.35 bits per heavy atom. The number of nitrogens with one attached hydrogen (secondary N) is 2. The highest BCUT2D eigenvalue weighted by Gasteiger charge is 2.23. The van der Waals surface area contributed by atoms with Gasteiger partial charge in [-0.15, -0.1) is 24.0 Å². The molecule has 1 saturated heterocycles. The third kappa shape index (κ3) is 7.06. The zero-order valence-corrected chi connectivity index (χ0v) is 19.5. The second-order valence-electron chi connectivity index (χ2n) is 7.94. The lowest BCUT2D eigenvalue weighted by Gasteiger charge is -2.33. The van der Waals surface area contributed by atoms with Gasteiger partial charge in [-0.3, -0.25) is 4.99 Å². The second kappa shape index (κ2) is 11.1. The van der Waals surface area contributed by atoms with Crippen molar-refractivity contribution in [2.75, 3.05) is 33.2 Å². The molecule has 0 radical (unpaired) electrons. The summed E-state index contributed by atoms with van der Waals surface area (Å²) in [5.74, 6) is 0.925. The predicted molar refractivity (Wildman–Crippen MR) is 124 cm³/mol. The molecule has 1 heterocycles. The zero-order chi connectivity index (χ0) is 18.3. The molecular formula is C21H37IN4. The van der Waals surface area contributed by atoms with Crippen LogP contribution < -0.4 is 10.6 Å². The van der Waals surface area contributed by atoms with Crippen LogP contribution in [0.4, 0.5) is 0 Å². The Kier molecular flexibility index (Phi) is 9.93. The molecule has 0 bridgehead atoms. The summed E-state index contributed by atoms with van der Waals surface area (Å²) < 4.78 is 0. The fourth-order valence-corrected chi connectivity index (χ4v) is 3.42. The van der Waals surface area contributed by atoms with Crippen molar-refractivity contribution in [1.82, 2.24) is 15.5 Å². The van der Waals surface area contributed by atoms with Crippen LogP contribution in [0, 0.1) is 6.92 Å². The van der Waals surface area contributed by atoms with Crippen LogP contribution in [-0.2, 0) is 5.41 Å². The van der Waals surface area contributed by atoms with Crippen molar-refractivity contribution < 1.29 is 0 Å². The first-order chi connectivity index (χ1) is 11.9. The van der Waals surface area contributed by atoms with E-state index in [1.807, 2.05) is 7.05 Å². The molecule has 0 atom stereocenters. The van der Waals surface area contributed by atoms with Crippen molar-refractivity contribution in [2.45, 2.75) is 58.4 Å². The van der Waals surface area contributed by atoms with Gasteiger partial charge in [-0.2, -0.15) is 0 Å². The lowest BCUT2D eigenvalue weighted by atomic mass is 9.84. The number of nitrogens with zero attached hydrogens (tertiary/aromatic N) is 2. The number of halogens is 1. The fourth-order valence-electron chi connectivity index (χ4n) is 3.42. The second-order valence-corrected chi connectivity index (χ2v) is 7.94. The quantitative estimate of drug-likeness (QED) is 0.375. The predicted octanol–water partition coefficient (Wildman–Crippen LogP) is 3.93. The van der Waals surface area contributed by atoms with E-state index >= 15 is 0 Å². The zero-order valence-electron chi connectivity index (χ0n) is 17.1. The minimum absolute atomic E-state index is 0. The summed E-state index contributed by atoms with van der Waals surface area (Å²) in [6, 6.07) is 9.37. The smallest absolute Gasteiger partial charge is 0.191 e. The van der Waals surface area contributed by atoms with E-state index in [2.05, 4.69) is 72.5 Å². The topological polar surface area (TPSA) is 39.7 Å². The summed E-state index contributed by atoms with van der Waals surface area (Å²) in [5, 5.41) is 7.15. The average Bonchev–Trinajstić information content (AvgIpc) is 2.60. The number of hydrogen-bond donors (Lipinski definition) is 2. The molecule has 0 unspecified atom stereocenters. The summed E-state index contributed by atoms with van der Waals surface area (Å²) in [4.78, 5) is 6.99. The Balaban J connectivity index is 0.00000338. The first kappa shape index (κ1) is 23.2. The molecule has 0 saturated carbocycles. The van der Waals surface area contributed by atoms with Crippen molar-refractivity contribution in [1.29, 1.82) is 0 Å². The molecule has 1 fully saturated rings. The first-order valence-corrected chi connectivity index (χ1v) is 9.71. The number of guanidine groups is 1. The van der Waals surface area contributed by atoms with Gasteiger partial charge in [0.15, 0.2) is 5.96 Å². The monoisotopic (exact) mass is 472 g/mol. The van der Waals surface area contributed by atoms with E-state index in [4.69, 9.17) is 0 Å². The van der Waals surface area contributed by atoms with Gasteiger partial charge in [0.1, 0.15) is 0 Å². The molecule has 0 aliphatic carbocycles. The van der Waals surface area contributed by atoms with Crippen molar-refractivity contribution in [3.05, 3.63) is 35.4 Å². The van der Waals surface area contributed by atoms with Crippen LogP contribution in [0.1, 0.15) is 51.2 Å². The van der Waals surface area contributed by atoms with Crippen LogP contribution in [0.15, 0.2) is 29.3 Å². The third-order valence-corrected chi connectivity index (χ3v) is 5.22. The normalized spacial score (nSPS) is 16.9. The minimum Gasteiger partial charge on any atom is -0.356 e.